The van der Waals surface area contributed by atoms with Crippen molar-refractivity contribution >= 4 is 5.97 Å². The van der Waals surface area contributed by atoms with Crippen molar-refractivity contribution in [1.82, 2.24) is 0 Å². The lowest BCUT2D eigenvalue weighted by atomic mass is 10.1. The maximum absolute atomic E-state index is 10.9. The van der Waals surface area contributed by atoms with Crippen molar-refractivity contribution in [2.24, 2.45) is 11.7 Å². The number of esters is 1. The van der Waals surface area contributed by atoms with Crippen molar-refractivity contribution in [3.63, 3.8) is 0 Å². The Labute approximate surface area is 60.5 Å². The first-order valence-electron chi connectivity index (χ1n) is 3.59. The fourth-order valence-corrected chi connectivity index (χ4v) is 1.43. The van der Waals surface area contributed by atoms with Crippen molar-refractivity contribution < 1.29 is 9.53 Å². The second kappa shape index (κ2) is 3.01. The Bertz CT molecular complexity index is 136. The van der Waals surface area contributed by atoms with E-state index in [9.17, 15) is 4.79 Å². The van der Waals surface area contributed by atoms with E-state index in [1.54, 1.807) is 0 Å². The molecular weight excluding hydrogens is 130 g/mol. The van der Waals surface area contributed by atoms with E-state index in [0.29, 0.717) is 0 Å². The van der Waals surface area contributed by atoms with Gasteiger partial charge in [-0.1, -0.05) is 6.42 Å². The van der Waals surface area contributed by atoms with E-state index in [1.807, 2.05) is 0 Å². The molecular formula is C7H13NO2. The van der Waals surface area contributed by atoms with E-state index in [1.165, 1.54) is 7.11 Å². The average molecular weight is 143 g/mol. The number of rotatable bonds is 1. The van der Waals surface area contributed by atoms with Crippen molar-refractivity contribution in [2.45, 2.75) is 25.3 Å². The third-order valence-corrected chi connectivity index (χ3v) is 2.07. The van der Waals surface area contributed by atoms with Gasteiger partial charge < -0.3 is 10.5 Å². The van der Waals surface area contributed by atoms with Crippen molar-refractivity contribution in [3.8, 4) is 0 Å². The molecule has 1 rings (SSSR count). The smallest absolute Gasteiger partial charge is 0.310 e. The second-order valence-corrected chi connectivity index (χ2v) is 2.72. The Morgan fingerprint density at radius 1 is 1.60 bits per heavy atom. The maximum atomic E-state index is 10.9. The van der Waals surface area contributed by atoms with Crippen LogP contribution in [0.4, 0.5) is 0 Å². The molecule has 0 aromatic rings. The van der Waals surface area contributed by atoms with E-state index >= 15 is 0 Å². The minimum absolute atomic E-state index is 0.0347. The molecule has 0 spiro atoms. The molecule has 2 atom stereocenters. The van der Waals surface area contributed by atoms with Gasteiger partial charge in [0.15, 0.2) is 0 Å². The number of hydrogen-bond donors (Lipinski definition) is 1. The number of hydrogen-bond acceptors (Lipinski definition) is 3. The quantitative estimate of drug-likeness (QED) is 0.537. The van der Waals surface area contributed by atoms with Crippen molar-refractivity contribution in [2.75, 3.05) is 7.11 Å². The summed E-state index contributed by atoms with van der Waals surface area (Å²) in [6.45, 7) is 0. The predicted octanol–water partition coefficient (Wildman–Crippen LogP) is 0.287. The minimum atomic E-state index is -0.148. The number of carbonyl (C=O) groups is 1. The fourth-order valence-electron chi connectivity index (χ4n) is 1.43. The Hall–Kier alpha value is -0.570. The van der Waals surface area contributed by atoms with Gasteiger partial charge >= 0.3 is 5.97 Å². The van der Waals surface area contributed by atoms with E-state index in [-0.39, 0.29) is 17.9 Å². The van der Waals surface area contributed by atoms with Crippen LogP contribution in [0.5, 0.6) is 0 Å². The lowest BCUT2D eigenvalue weighted by Crippen LogP contribution is -2.31. The summed E-state index contributed by atoms with van der Waals surface area (Å²) in [6, 6.07) is 0.0347. The molecule has 0 aromatic carbocycles. The van der Waals surface area contributed by atoms with Gasteiger partial charge in [0.25, 0.3) is 0 Å². The lowest BCUT2D eigenvalue weighted by molar-refractivity contribution is -0.145. The molecule has 0 heterocycles. The van der Waals surface area contributed by atoms with Crippen LogP contribution in [0.15, 0.2) is 0 Å². The van der Waals surface area contributed by atoms with Gasteiger partial charge in [-0.05, 0) is 12.8 Å². The van der Waals surface area contributed by atoms with Gasteiger partial charge in [-0.3, -0.25) is 4.79 Å². The monoisotopic (exact) mass is 143 g/mol. The van der Waals surface area contributed by atoms with Gasteiger partial charge in [-0.15, -0.1) is 0 Å². The van der Waals surface area contributed by atoms with E-state index in [2.05, 4.69) is 4.74 Å². The molecule has 1 fully saturated rings. The standard InChI is InChI=1S/C7H13NO2/c1-10-7(9)5-3-2-4-6(5)8/h5-6H,2-4,8H2,1H3/t5-,6+/m0/s1. The summed E-state index contributed by atoms with van der Waals surface area (Å²) in [5.41, 5.74) is 5.65. The van der Waals surface area contributed by atoms with Gasteiger partial charge in [-0.25, -0.2) is 0 Å². The topological polar surface area (TPSA) is 52.3 Å². The maximum Gasteiger partial charge on any atom is 0.310 e. The zero-order valence-corrected chi connectivity index (χ0v) is 6.17. The SMILES string of the molecule is COC(=O)[C@H]1CCC[C@H]1N. The third kappa shape index (κ3) is 1.29. The van der Waals surface area contributed by atoms with Gasteiger partial charge in [0.2, 0.25) is 0 Å². The fraction of sp³-hybridized carbons (Fsp3) is 0.857. The highest BCUT2D eigenvalue weighted by Gasteiger charge is 2.30. The van der Waals surface area contributed by atoms with Gasteiger partial charge in [0, 0.05) is 6.04 Å². The molecule has 0 saturated heterocycles. The number of methoxy groups -OCH3 is 1. The molecule has 3 heteroatoms. The van der Waals surface area contributed by atoms with Gasteiger partial charge in [-0.2, -0.15) is 0 Å². The highest BCUT2D eigenvalue weighted by Crippen LogP contribution is 2.24. The predicted molar refractivity (Wildman–Crippen MR) is 37.3 cm³/mol. The Morgan fingerprint density at radius 3 is 2.70 bits per heavy atom. The van der Waals surface area contributed by atoms with E-state index in [4.69, 9.17) is 5.73 Å². The third-order valence-electron chi connectivity index (χ3n) is 2.07. The largest absolute Gasteiger partial charge is 0.469 e. The molecule has 58 valence electrons. The first kappa shape index (κ1) is 7.54. The molecule has 10 heavy (non-hydrogen) atoms. The van der Waals surface area contributed by atoms with Crippen LogP contribution in [0.3, 0.4) is 0 Å². The van der Waals surface area contributed by atoms with Crippen LogP contribution in [-0.4, -0.2) is 19.1 Å². The summed E-state index contributed by atoms with van der Waals surface area (Å²) < 4.78 is 4.59. The average Bonchev–Trinajstić information content (AvgIpc) is 2.34. The Kier molecular flexibility index (Phi) is 2.27. The van der Waals surface area contributed by atoms with Crippen molar-refractivity contribution in [3.05, 3.63) is 0 Å². The summed E-state index contributed by atoms with van der Waals surface area (Å²) in [6.07, 6.45) is 2.91. The first-order valence-corrected chi connectivity index (χ1v) is 3.59. The molecule has 0 radical (unpaired) electrons. The minimum Gasteiger partial charge on any atom is -0.469 e. The van der Waals surface area contributed by atoms with Gasteiger partial charge in [0.05, 0.1) is 13.0 Å². The number of ether oxygens (including phenoxy) is 1. The molecule has 1 aliphatic carbocycles. The van der Waals surface area contributed by atoms with Crippen LogP contribution in [0.1, 0.15) is 19.3 Å². The molecule has 0 bridgehead atoms. The second-order valence-electron chi connectivity index (χ2n) is 2.72. The van der Waals surface area contributed by atoms with Crippen LogP contribution < -0.4 is 5.73 Å². The number of carbonyl (C=O) groups excluding carboxylic acids is 1. The highest BCUT2D eigenvalue weighted by atomic mass is 16.5. The molecule has 2 N–H and O–H groups in total. The first-order chi connectivity index (χ1) is 4.75. The van der Waals surface area contributed by atoms with Crippen LogP contribution in [-0.2, 0) is 9.53 Å². The van der Waals surface area contributed by atoms with Crippen LogP contribution in [0.25, 0.3) is 0 Å². The molecule has 0 aromatic heterocycles. The zero-order chi connectivity index (χ0) is 7.56. The summed E-state index contributed by atoms with van der Waals surface area (Å²) in [4.78, 5) is 10.9. The number of nitrogens with two attached hydrogens (primary N) is 1. The normalized spacial score (nSPS) is 32.2. The molecule has 1 aliphatic rings. The molecule has 0 amide bonds. The highest BCUT2D eigenvalue weighted by molar-refractivity contribution is 5.73. The Balaban J connectivity index is 2.46. The van der Waals surface area contributed by atoms with Gasteiger partial charge in [0.1, 0.15) is 0 Å². The molecule has 3 nitrogen and oxygen atoms in total. The summed E-state index contributed by atoms with van der Waals surface area (Å²) in [5, 5.41) is 0. The summed E-state index contributed by atoms with van der Waals surface area (Å²) >= 11 is 0. The molecule has 0 unspecified atom stereocenters. The van der Waals surface area contributed by atoms with E-state index in [0.717, 1.165) is 19.3 Å². The van der Waals surface area contributed by atoms with E-state index < -0.39 is 0 Å². The van der Waals surface area contributed by atoms with Crippen LogP contribution in [0, 0.1) is 5.92 Å². The van der Waals surface area contributed by atoms with Crippen LogP contribution >= 0.6 is 0 Å². The summed E-state index contributed by atoms with van der Waals surface area (Å²) in [7, 11) is 1.41. The molecule has 1 saturated carbocycles. The zero-order valence-electron chi connectivity index (χ0n) is 6.17. The lowest BCUT2D eigenvalue weighted by Gasteiger charge is -2.11. The van der Waals surface area contributed by atoms with Crippen molar-refractivity contribution in [1.29, 1.82) is 0 Å². The molecule has 0 aliphatic heterocycles. The summed E-state index contributed by atoms with van der Waals surface area (Å²) in [5.74, 6) is -0.185. The Morgan fingerprint density at radius 2 is 2.30 bits per heavy atom. The van der Waals surface area contributed by atoms with Crippen LogP contribution in [0.2, 0.25) is 0 Å².